The number of ether oxygens (including phenoxy) is 2. The van der Waals surface area contributed by atoms with Gasteiger partial charge in [0, 0.05) is 16.8 Å². The summed E-state index contributed by atoms with van der Waals surface area (Å²) in [6, 6.07) is 16.8. The summed E-state index contributed by atoms with van der Waals surface area (Å²) in [5.41, 5.74) is 1.88. The molecule has 0 aliphatic rings. The van der Waals surface area contributed by atoms with E-state index >= 15 is 0 Å². The predicted octanol–water partition coefficient (Wildman–Crippen LogP) is 5.14. The number of benzene rings is 3. The molecule has 5 nitrogen and oxygen atoms in total. The van der Waals surface area contributed by atoms with Crippen LogP contribution in [0.3, 0.4) is 0 Å². The molecule has 3 aromatic carbocycles. The highest BCUT2D eigenvalue weighted by Crippen LogP contribution is 2.36. The van der Waals surface area contributed by atoms with Crippen molar-refractivity contribution in [2.24, 2.45) is 0 Å². The fourth-order valence-electron chi connectivity index (χ4n) is 3.02. The Balaban J connectivity index is 1.59. The van der Waals surface area contributed by atoms with Crippen LogP contribution >= 0.6 is 0 Å². The molecule has 1 amide bonds. The number of carbonyl (C=O) groups excluding carboxylic acids is 1. The molecule has 28 heavy (non-hydrogen) atoms. The number of amides is 1. The van der Waals surface area contributed by atoms with Gasteiger partial charge >= 0.3 is 0 Å². The van der Waals surface area contributed by atoms with Crippen molar-refractivity contribution in [1.82, 2.24) is 0 Å². The van der Waals surface area contributed by atoms with Gasteiger partial charge in [0.25, 0.3) is 5.91 Å². The first kappa shape index (κ1) is 17.9. The number of carbonyl (C=O) groups is 1. The second-order valence-electron chi connectivity index (χ2n) is 6.35. The highest BCUT2D eigenvalue weighted by atomic mass is 19.1. The number of methoxy groups -OCH3 is 1. The van der Waals surface area contributed by atoms with E-state index in [1.165, 1.54) is 31.4 Å². The van der Waals surface area contributed by atoms with Crippen molar-refractivity contribution >= 4 is 33.5 Å². The van der Waals surface area contributed by atoms with Crippen LogP contribution in [0.5, 0.6) is 11.5 Å². The summed E-state index contributed by atoms with van der Waals surface area (Å²) in [6.07, 6.45) is -0.790. The minimum absolute atomic E-state index is 0.363. The second kappa shape index (κ2) is 7.23. The maximum Gasteiger partial charge on any atom is 0.265 e. The third kappa shape index (κ3) is 3.36. The van der Waals surface area contributed by atoms with Crippen molar-refractivity contribution in [3.63, 3.8) is 0 Å². The van der Waals surface area contributed by atoms with Crippen molar-refractivity contribution in [2.75, 3.05) is 12.4 Å². The lowest BCUT2D eigenvalue weighted by molar-refractivity contribution is -0.122. The molecule has 4 aromatic rings. The van der Waals surface area contributed by atoms with Crippen LogP contribution in [0.4, 0.5) is 10.1 Å². The first-order valence-electron chi connectivity index (χ1n) is 8.77. The van der Waals surface area contributed by atoms with E-state index < -0.39 is 6.10 Å². The number of nitrogens with one attached hydrogen (secondary N) is 1. The molecule has 0 aliphatic carbocycles. The van der Waals surface area contributed by atoms with E-state index in [0.717, 1.165) is 16.4 Å². The summed E-state index contributed by atoms with van der Waals surface area (Å²) in [7, 11) is 1.54. The summed E-state index contributed by atoms with van der Waals surface area (Å²) in [6.45, 7) is 1.62. The van der Waals surface area contributed by atoms with E-state index in [1.54, 1.807) is 13.0 Å². The molecule has 4 rings (SSSR count). The SMILES string of the molecule is COc1cc2c(cc1NC(=O)[C@@H](C)Oc1ccc(F)cc1)oc1ccccc12. The van der Waals surface area contributed by atoms with Gasteiger partial charge in [0.2, 0.25) is 0 Å². The van der Waals surface area contributed by atoms with Crippen molar-refractivity contribution < 1.29 is 23.1 Å². The minimum Gasteiger partial charge on any atom is -0.495 e. The van der Waals surface area contributed by atoms with Crippen LogP contribution in [0.1, 0.15) is 6.92 Å². The van der Waals surface area contributed by atoms with Crippen LogP contribution in [0, 0.1) is 5.82 Å². The van der Waals surface area contributed by atoms with Crippen molar-refractivity contribution in [3.8, 4) is 11.5 Å². The fourth-order valence-corrected chi connectivity index (χ4v) is 3.02. The van der Waals surface area contributed by atoms with E-state index in [-0.39, 0.29) is 11.7 Å². The van der Waals surface area contributed by atoms with Gasteiger partial charge in [-0.05, 0) is 43.3 Å². The van der Waals surface area contributed by atoms with Gasteiger partial charge in [-0.25, -0.2) is 4.39 Å². The van der Waals surface area contributed by atoms with Crippen molar-refractivity contribution in [1.29, 1.82) is 0 Å². The van der Waals surface area contributed by atoms with E-state index in [0.29, 0.717) is 22.8 Å². The number of hydrogen-bond donors (Lipinski definition) is 1. The molecule has 0 aliphatic heterocycles. The Labute approximate surface area is 160 Å². The maximum absolute atomic E-state index is 13.0. The topological polar surface area (TPSA) is 60.7 Å². The van der Waals surface area contributed by atoms with Gasteiger partial charge < -0.3 is 19.2 Å². The lowest BCUT2D eigenvalue weighted by Crippen LogP contribution is -2.30. The Morgan fingerprint density at radius 1 is 1.04 bits per heavy atom. The molecular formula is C22H18FNO4. The minimum atomic E-state index is -0.790. The van der Waals surface area contributed by atoms with Gasteiger partial charge in [-0.3, -0.25) is 4.79 Å². The Morgan fingerprint density at radius 3 is 2.54 bits per heavy atom. The van der Waals surface area contributed by atoms with Crippen LogP contribution in [0.25, 0.3) is 21.9 Å². The Hall–Kier alpha value is -3.54. The van der Waals surface area contributed by atoms with Crippen LogP contribution in [0.2, 0.25) is 0 Å². The van der Waals surface area contributed by atoms with Crippen molar-refractivity contribution in [2.45, 2.75) is 13.0 Å². The standard InChI is InChI=1S/C22H18FNO4/c1-13(27-15-9-7-14(23)8-10-15)22(25)24-18-12-20-17(11-21(18)26-2)16-5-3-4-6-19(16)28-20/h3-13H,1-2H3,(H,24,25)/t13-/m1/s1. The second-order valence-corrected chi connectivity index (χ2v) is 6.35. The summed E-state index contributed by atoms with van der Waals surface area (Å²) in [4.78, 5) is 12.6. The first-order chi connectivity index (χ1) is 13.5. The van der Waals surface area contributed by atoms with Crippen molar-refractivity contribution in [3.05, 3.63) is 66.5 Å². The average Bonchev–Trinajstić information content (AvgIpc) is 3.06. The molecule has 0 saturated heterocycles. The van der Waals surface area contributed by atoms with Crippen LogP contribution in [0.15, 0.2) is 65.1 Å². The molecule has 142 valence electrons. The molecule has 1 atom stereocenters. The molecule has 1 N–H and O–H groups in total. The lowest BCUT2D eigenvalue weighted by Gasteiger charge is -2.16. The smallest absolute Gasteiger partial charge is 0.265 e. The van der Waals surface area contributed by atoms with Gasteiger partial charge in [-0.15, -0.1) is 0 Å². The molecule has 6 heteroatoms. The van der Waals surface area contributed by atoms with E-state index in [4.69, 9.17) is 13.9 Å². The van der Waals surface area contributed by atoms with Gasteiger partial charge in [0.15, 0.2) is 6.10 Å². The van der Waals surface area contributed by atoms with Crippen LogP contribution in [-0.4, -0.2) is 19.1 Å². The largest absolute Gasteiger partial charge is 0.495 e. The molecule has 0 spiro atoms. The number of rotatable bonds is 5. The quantitative estimate of drug-likeness (QED) is 0.522. The summed E-state index contributed by atoms with van der Waals surface area (Å²) in [5.74, 6) is 0.191. The molecule has 0 fully saturated rings. The van der Waals surface area contributed by atoms with Gasteiger partial charge in [-0.1, -0.05) is 18.2 Å². The third-order valence-corrected chi connectivity index (χ3v) is 4.45. The highest BCUT2D eigenvalue weighted by molar-refractivity contribution is 6.08. The summed E-state index contributed by atoms with van der Waals surface area (Å²) in [5, 5.41) is 4.68. The number of para-hydroxylation sites is 1. The monoisotopic (exact) mass is 379 g/mol. The van der Waals surface area contributed by atoms with Gasteiger partial charge in [0.1, 0.15) is 28.5 Å². The van der Waals surface area contributed by atoms with E-state index in [2.05, 4.69) is 5.32 Å². The zero-order chi connectivity index (χ0) is 19.7. The molecular weight excluding hydrogens is 361 g/mol. The van der Waals surface area contributed by atoms with Gasteiger partial charge in [0.05, 0.1) is 12.8 Å². The zero-order valence-corrected chi connectivity index (χ0v) is 15.4. The van der Waals surface area contributed by atoms with Crippen LogP contribution < -0.4 is 14.8 Å². The number of anilines is 1. The Kier molecular flexibility index (Phi) is 4.61. The average molecular weight is 379 g/mol. The maximum atomic E-state index is 13.0. The highest BCUT2D eigenvalue weighted by Gasteiger charge is 2.19. The van der Waals surface area contributed by atoms with Crippen LogP contribution in [-0.2, 0) is 4.79 Å². The normalized spacial score (nSPS) is 12.1. The summed E-state index contributed by atoms with van der Waals surface area (Å²) >= 11 is 0. The molecule has 0 unspecified atom stereocenters. The van der Waals surface area contributed by atoms with E-state index in [1.807, 2.05) is 30.3 Å². The molecule has 0 saturated carbocycles. The van der Waals surface area contributed by atoms with E-state index in [9.17, 15) is 9.18 Å². The predicted molar refractivity (Wildman–Crippen MR) is 105 cm³/mol. The van der Waals surface area contributed by atoms with Gasteiger partial charge in [-0.2, -0.15) is 0 Å². The first-order valence-corrected chi connectivity index (χ1v) is 8.77. The summed E-state index contributed by atoms with van der Waals surface area (Å²) < 4.78 is 29.9. The zero-order valence-electron chi connectivity index (χ0n) is 15.4. The molecule has 1 heterocycles. The Morgan fingerprint density at radius 2 is 1.79 bits per heavy atom. The number of halogens is 1. The Bertz CT molecular complexity index is 1150. The molecule has 0 bridgehead atoms. The number of hydrogen-bond acceptors (Lipinski definition) is 4. The lowest BCUT2D eigenvalue weighted by atomic mass is 10.1. The fraction of sp³-hybridized carbons (Fsp3) is 0.136. The molecule has 1 aromatic heterocycles. The number of furan rings is 1. The third-order valence-electron chi connectivity index (χ3n) is 4.45. The number of fused-ring (bicyclic) bond motifs is 3. The molecule has 0 radical (unpaired) electrons.